The fourth-order valence-corrected chi connectivity index (χ4v) is 1.40. The Labute approximate surface area is 98.0 Å². The van der Waals surface area contributed by atoms with Gasteiger partial charge in [0.05, 0.1) is 6.61 Å². The van der Waals surface area contributed by atoms with E-state index in [1.54, 1.807) is 0 Å². The van der Waals surface area contributed by atoms with Crippen molar-refractivity contribution in [3.05, 3.63) is 29.6 Å². The predicted octanol–water partition coefficient (Wildman–Crippen LogP) is 2.29. The summed E-state index contributed by atoms with van der Waals surface area (Å²) < 4.78 is 23.2. The van der Waals surface area contributed by atoms with Crippen molar-refractivity contribution in [1.82, 2.24) is 0 Å². The highest BCUT2D eigenvalue weighted by atomic mass is 19.1. The molecule has 0 spiro atoms. The maximum atomic E-state index is 12.9. The summed E-state index contributed by atoms with van der Waals surface area (Å²) in [5.74, 6) is -1.09. The second-order valence-electron chi connectivity index (χ2n) is 4.02. The average molecular weight is 240 g/mol. The molecule has 1 aliphatic rings. The molecule has 0 aromatic heterocycles. The van der Waals surface area contributed by atoms with Crippen LogP contribution in [0, 0.1) is 11.7 Å². The van der Waals surface area contributed by atoms with Gasteiger partial charge < -0.3 is 14.6 Å². The summed E-state index contributed by atoms with van der Waals surface area (Å²) in [6.45, 7) is 0.617. The largest absolute Gasteiger partial charge is 0.478 e. The van der Waals surface area contributed by atoms with Crippen LogP contribution in [0.15, 0.2) is 18.2 Å². The molecule has 1 N–H and O–H groups in total. The van der Waals surface area contributed by atoms with E-state index in [2.05, 4.69) is 0 Å². The third-order valence-electron chi connectivity index (χ3n) is 2.52. The second kappa shape index (κ2) is 5.14. The van der Waals surface area contributed by atoms with E-state index in [0.717, 1.165) is 12.1 Å². The van der Waals surface area contributed by atoms with Crippen molar-refractivity contribution in [2.45, 2.75) is 12.8 Å². The molecule has 0 heterocycles. The second-order valence-corrected chi connectivity index (χ2v) is 4.02. The van der Waals surface area contributed by atoms with Crippen LogP contribution in [-0.2, 0) is 4.74 Å². The van der Waals surface area contributed by atoms with Crippen molar-refractivity contribution in [2.75, 3.05) is 13.4 Å². The first-order valence-electron chi connectivity index (χ1n) is 5.40. The van der Waals surface area contributed by atoms with Crippen LogP contribution in [0.1, 0.15) is 23.2 Å². The van der Waals surface area contributed by atoms with E-state index >= 15 is 0 Å². The molecule has 1 fully saturated rings. The molecular formula is C12H13FO4. The first kappa shape index (κ1) is 11.9. The molecule has 4 nitrogen and oxygen atoms in total. The van der Waals surface area contributed by atoms with Gasteiger partial charge in [0.2, 0.25) is 0 Å². The number of rotatable bonds is 6. The minimum atomic E-state index is -1.22. The number of aromatic carboxylic acids is 1. The van der Waals surface area contributed by atoms with Crippen LogP contribution in [0.4, 0.5) is 4.39 Å². The van der Waals surface area contributed by atoms with Crippen molar-refractivity contribution >= 4 is 5.97 Å². The van der Waals surface area contributed by atoms with Gasteiger partial charge in [-0.15, -0.1) is 0 Å². The van der Waals surface area contributed by atoms with Crippen LogP contribution in [-0.4, -0.2) is 24.5 Å². The van der Waals surface area contributed by atoms with Crippen molar-refractivity contribution in [1.29, 1.82) is 0 Å². The summed E-state index contributed by atoms with van der Waals surface area (Å²) in [6.07, 6.45) is 2.36. The Balaban J connectivity index is 1.91. The molecule has 1 aliphatic carbocycles. The Bertz CT molecular complexity index is 415. The Morgan fingerprint density at radius 3 is 2.88 bits per heavy atom. The van der Waals surface area contributed by atoms with Crippen LogP contribution in [0.2, 0.25) is 0 Å². The number of carboxylic acid groups (broad SMARTS) is 1. The van der Waals surface area contributed by atoms with E-state index in [4.69, 9.17) is 14.6 Å². The lowest BCUT2D eigenvalue weighted by Gasteiger charge is -2.09. The van der Waals surface area contributed by atoms with Crippen LogP contribution in [0.5, 0.6) is 5.75 Å². The molecule has 0 saturated heterocycles. The van der Waals surface area contributed by atoms with Crippen molar-refractivity contribution in [3.8, 4) is 5.75 Å². The Morgan fingerprint density at radius 2 is 2.24 bits per heavy atom. The fraction of sp³-hybridized carbons (Fsp3) is 0.417. The zero-order valence-electron chi connectivity index (χ0n) is 9.19. The quantitative estimate of drug-likeness (QED) is 0.612. The van der Waals surface area contributed by atoms with Gasteiger partial charge in [-0.3, -0.25) is 0 Å². The number of halogens is 1. The lowest BCUT2D eigenvalue weighted by molar-refractivity contribution is 0.00914. The van der Waals surface area contributed by atoms with Gasteiger partial charge in [0, 0.05) is 0 Å². The lowest BCUT2D eigenvalue weighted by Crippen LogP contribution is -2.08. The molecule has 2 rings (SSSR count). The molecular weight excluding hydrogens is 227 g/mol. The van der Waals surface area contributed by atoms with Gasteiger partial charge in [0.1, 0.15) is 17.1 Å². The topological polar surface area (TPSA) is 55.8 Å². The number of carboxylic acids is 1. The van der Waals surface area contributed by atoms with Gasteiger partial charge >= 0.3 is 5.97 Å². The van der Waals surface area contributed by atoms with Crippen LogP contribution < -0.4 is 4.74 Å². The number of hydrogen-bond acceptors (Lipinski definition) is 3. The molecule has 0 unspecified atom stereocenters. The van der Waals surface area contributed by atoms with Crippen LogP contribution >= 0.6 is 0 Å². The fourth-order valence-electron chi connectivity index (χ4n) is 1.40. The minimum absolute atomic E-state index is 0.0115. The lowest BCUT2D eigenvalue weighted by atomic mass is 10.2. The molecule has 92 valence electrons. The highest BCUT2D eigenvalue weighted by Crippen LogP contribution is 2.28. The third kappa shape index (κ3) is 3.42. The Hall–Kier alpha value is -1.62. The van der Waals surface area contributed by atoms with Crippen LogP contribution in [0.3, 0.4) is 0 Å². The van der Waals surface area contributed by atoms with Crippen molar-refractivity contribution in [3.63, 3.8) is 0 Å². The summed E-state index contributed by atoms with van der Waals surface area (Å²) in [4.78, 5) is 10.8. The number of ether oxygens (including phenoxy) is 2. The van der Waals surface area contributed by atoms with Gasteiger partial charge in [-0.1, -0.05) is 0 Å². The predicted molar refractivity (Wildman–Crippen MR) is 57.5 cm³/mol. The highest BCUT2D eigenvalue weighted by molar-refractivity contribution is 5.90. The number of benzene rings is 1. The maximum Gasteiger partial charge on any atom is 0.339 e. The van der Waals surface area contributed by atoms with Crippen molar-refractivity contribution < 1.29 is 23.8 Å². The molecule has 0 atom stereocenters. The van der Waals surface area contributed by atoms with E-state index in [1.807, 2.05) is 0 Å². The van der Waals surface area contributed by atoms with E-state index < -0.39 is 11.8 Å². The Kier molecular flexibility index (Phi) is 3.58. The molecule has 5 heteroatoms. The van der Waals surface area contributed by atoms with E-state index in [9.17, 15) is 9.18 Å². The summed E-state index contributed by atoms with van der Waals surface area (Å²) in [5.41, 5.74) is -0.194. The monoisotopic (exact) mass is 240 g/mol. The van der Waals surface area contributed by atoms with Gasteiger partial charge in [0.15, 0.2) is 6.79 Å². The highest BCUT2D eigenvalue weighted by Gasteiger charge is 2.21. The van der Waals surface area contributed by atoms with Gasteiger partial charge in [0.25, 0.3) is 0 Å². The van der Waals surface area contributed by atoms with Gasteiger partial charge in [-0.05, 0) is 37.0 Å². The molecule has 1 aromatic rings. The summed E-state index contributed by atoms with van der Waals surface area (Å²) in [7, 11) is 0. The van der Waals surface area contributed by atoms with Gasteiger partial charge in [-0.25, -0.2) is 9.18 Å². The van der Waals surface area contributed by atoms with E-state index in [0.29, 0.717) is 12.5 Å². The van der Waals surface area contributed by atoms with Gasteiger partial charge in [-0.2, -0.15) is 0 Å². The van der Waals surface area contributed by atoms with E-state index in [1.165, 1.54) is 18.9 Å². The summed E-state index contributed by atoms with van der Waals surface area (Å²) >= 11 is 0. The molecule has 0 radical (unpaired) electrons. The molecule has 0 amide bonds. The maximum absolute atomic E-state index is 12.9. The minimum Gasteiger partial charge on any atom is -0.478 e. The smallest absolute Gasteiger partial charge is 0.339 e. The molecule has 0 bridgehead atoms. The summed E-state index contributed by atoms with van der Waals surface area (Å²) in [5, 5.41) is 8.86. The van der Waals surface area contributed by atoms with Crippen molar-refractivity contribution in [2.24, 2.45) is 5.92 Å². The normalized spacial score (nSPS) is 14.6. The first-order chi connectivity index (χ1) is 8.16. The molecule has 1 saturated carbocycles. The first-order valence-corrected chi connectivity index (χ1v) is 5.40. The number of carbonyl (C=O) groups is 1. The molecule has 0 aliphatic heterocycles. The summed E-state index contributed by atoms with van der Waals surface area (Å²) in [6, 6.07) is 3.38. The number of hydrogen-bond donors (Lipinski definition) is 1. The standard InChI is InChI=1S/C12H13FO4/c13-9-3-4-11(10(5-9)12(14)15)17-7-16-6-8-1-2-8/h3-5,8H,1-2,6-7H2,(H,14,15). The van der Waals surface area contributed by atoms with Crippen LogP contribution in [0.25, 0.3) is 0 Å². The van der Waals surface area contributed by atoms with E-state index in [-0.39, 0.29) is 18.1 Å². The molecule has 1 aromatic carbocycles. The third-order valence-corrected chi connectivity index (χ3v) is 2.52. The zero-order valence-corrected chi connectivity index (χ0v) is 9.19. The molecule has 17 heavy (non-hydrogen) atoms. The zero-order chi connectivity index (χ0) is 12.3. The SMILES string of the molecule is O=C(O)c1cc(F)ccc1OCOCC1CC1. The average Bonchev–Trinajstić information content (AvgIpc) is 3.09. The Morgan fingerprint density at radius 1 is 1.47 bits per heavy atom.